The van der Waals surface area contributed by atoms with Gasteiger partial charge in [0.2, 0.25) is 0 Å². The van der Waals surface area contributed by atoms with Crippen molar-refractivity contribution < 1.29 is 17.9 Å². The standard InChI is InChI=1S/C12H11F3N2O/c13-12(14,15)7-18-6-9-5-8-3-1-2-4-10(8)17-11(9)16/h1-5H,6-7H2,(H2,16,17). The minimum Gasteiger partial charge on any atom is -0.383 e. The summed E-state index contributed by atoms with van der Waals surface area (Å²) in [7, 11) is 0. The number of nitrogens with zero attached hydrogens (tertiary/aromatic N) is 1. The van der Waals surface area contributed by atoms with Gasteiger partial charge in [0, 0.05) is 10.9 Å². The molecule has 0 bridgehead atoms. The Labute approximate surface area is 101 Å². The Kier molecular flexibility index (Phi) is 3.38. The zero-order chi connectivity index (χ0) is 13.2. The number of aromatic nitrogens is 1. The lowest BCUT2D eigenvalue weighted by molar-refractivity contribution is -0.176. The predicted molar refractivity (Wildman–Crippen MR) is 61.9 cm³/mol. The highest BCUT2D eigenvalue weighted by molar-refractivity contribution is 5.81. The molecule has 0 aliphatic rings. The molecule has 1 heterocycles. The van der Waals surface area contributed by atoms with Gasteiger partial charge in [-0.25, -0.2) is 4.98 Å². The van der Waals surface area contributed by atoms with Gasteiger partial charge in [-0.05, 0) is 12.1 Å². The first-order valence-electron chi connectivity index (χ1n) is 5.24. The molecule has 96 valence electrons. The van der Waals surface area contributed by atoms with E-state index < -0.39 is 12.8 Å². The molecule has 0 atom stereocenters. The van der Waals surface area contributed by atoms with Gasteiger partial charge in [-0.2, -0.15) is 13.2 Å². The van der Waals surface area contributed by atoms with Crippen molar-refractivity contribution in [3.63, 3.8) is 0 Å². The topological polar surface area (TPSA) is 48.1 Å². The third kappa shape index (κ3) is 3.10. The highest BCUT2D eigenvalue weighted by Gasteiger charge is 2.27. The minimum absolute atomic E-state index is 0.191. The fraction of sp³-hybridized carbons (Fsp3) is 0.250. The van der Waals surface area contributed by atoms with Gasteiger partial charge in [0.05, 0.1) is 12.1 Å². The van der Waals surface area contributed by atoms with Gasteiger partial charge in [0.1, 0.15) is 12.4 Å². The number of nitrogen functional groups attached to an aromatic ring is 1. The summed E-state index contributed by atoms with van der Waals surface area (Å²) in [5, 5.41) is 0.817. The molecular formula is C12H11F3N2O. The van der Waals surface area contributed by atoms with E-state index in [9.17, 15) is 13.2 Å². The van der Waals surface area contributed by atoms with Crippen LogP contribution in [0.2, 0.25) is 0 Å². The Hall–Kier alpha value is -1.82. The van der Waals surface area contributed by atoms with Crippen molar-refractivity contribution in [2.45, 2.75) is 12.8 Å². The van der Waals surface area contributed by atoms with Crippen LogP contribution in [0.15, 0.2) is 30.3 Å². The summed E-state index contributed by atoms with van der Waals surface area (Å²) in [4.78, 5) is 4.11. The summed E-state index contributed by atoms with van der Waals surface area (Å²) in [5.41, 5.74) is 6.82. The van der Waals surface area contributed by atoms with Crippen LogP contribution in [-0.2, 0) is 11.3 Å². The third-order valence-corrected chi connectivity index (χ3v) is 2.36. The second-order valence-electron chi connectivity index (χ2n) is 3.83. The number of hydrogen-bond acceptors (Lipinski definition) is 3. The van der Waals surface area contributed by atoms with Crippen molar-refractivity contribution in [1.82, 2.24) is 4.98 Å². The maximum atomic E-state index is 11.9. The molecule has 0 fully saturated rings. The van der Waals surface area contributed by atoms with Crippen molar-refractivity contribution in [1.29, 1.82) is 0 Å². The highest BCUT2D eigenvalue weighted by Crippen LogP contribution is 2.20. The van der Waals surface area contributed by atoms with E-state index in [1.807, 2.05) is 18.2 Å². The van der Waals surface area contributed by atoms with Crippen molar-refractivity contribution in [3.05, 3.63) is 35.9 Å². The Morgan fingerprint density at radius 1 is 1.22 bits per heavy atom. The van der Waals surface area contributed by atoms with Gasteiger partial charge in [0.15, 0.2) is 0 Å². The molecule has 1 aromatic carbocycles. The lowest BCUT2D eigenvalue weighted by Crippen LogP contribution is -2.17. The van der Waals surface area contributed by atoms with Crippen molar-refractivity contribution >= 4 is 16.7 Å². The highest BCUT2D eigenvalue weighted by atomic mass is 19.4. The number of ether oxygens (including phenoxy) is 1. The molecular weight excluding hydrogens is 245 g/mol. The van der Waals surface area contributed by atoms with Crippen LogP contribution >= 0.6 is 0 Å². The Morgan fingerprint density at radius 2 is 1.94 bits per heavy atom. The van der Waals surface area contributed by atoms with E-state index in [-0.39, 0.29) is 12.4 Å². The van der Waals surface area contributed by atoms with Gasteiger partial charge in [-0.3, -0.25) is 0 Å². The van der Waals surface area contributed by atoms with Crippen LogP contribution in [0.25, 0.3) is 10.9 Å². The van der Waals surface area contributed by atoms with Crippen LogP contribution < -0.4 is 5.73 Å². The lowest BCUT2D eigenvalue weighted by Gasteiger charge is -2.10. The number of nitrogens with two attached hydrogens (primary N) is 1. The first-order valence-corrected chi connectivity index (χ1v) is 5.24. The molecule has 2 rings (SSSR count). The number of para-hydroxylation sites is 1. The molecule has 2 N–H and O–H groups in total. The first kappa shape index (κ1) is 12.6. The zero-order valence-corrected chi connectivity index (χ0v) is 9.37. The summed E-state index contributed by atoms with van der Waals surface area (Å²) in [6.45, 7) is -1.50. The predicted octanol–water partition coefficient (Wildman–Crippen LogP) is 2.90. The van der Waals surface area contributed by atoms with Crippen molar-refractivity contribution in [2.24, 2.45) is 0 Å². The molecule has 0 spiro atoms. The monoisotopic (exact) mass is 256 g/mol. The van der Waals surface area contributed by atoms with Gasteiger partial charge >= 0.3 is 6.18 Å². The average molecular weight is 256 g/mol. The lowest BCUT2D eigenvalue weighted by atomic mass is 10.1. The number of pyridine rings is 1. The SMILES string of the molecule is Nc1nc2ccccc2cc1COCC(F)(F)F. The molecule has 0 aliphatic heterocycles. The molecule has 0 unspecified atom stereocenters. The number of alkyl halides is 3. The number of halogens is 3. The molecule has 18 heavy (non-hydrogen) atoms. The Balaban J connectivity index is 2.15. The smallest absolute Gasteiger partial charge is 0.383 e. The van der Waals surface area contributed by atoms with Gasteiger partial charge in [0.25, 0.3) is 0 Å². The van der Waals surface area contributed by atoms with Crippen LogP contribution in [0.4, 0.5) is 19.0 Å². The maximum Gasteiger partial charge on any atom is 0.411 e. The molecule has 0 amide bonds. The van der Waals surface area contributed by atoms with E-state index in [2.05, 4.69) is 9.72 Å². The van der Waals surface area contributed by atoms with E-state index in [4.69, 9.17) is 5.73 Å². The molecule has 6 heteroatoms. The summed E-state index contributed by atoms with van der Waals surface area (Å²) in [6, 6.07) is 8.92. The van der Waals surface area contributed by atoms with Gasteiger partial charge < -0.3 is 10.5 Å². The van der Waals surface area contributed by atoms with E-state index in [1.54, 1.807) is 12.1 Å². The normalized spacial score (nSPS) is 11.9. The number of fused-ring (bicyclic) bond motifs is 1. The van der Waals surface area contributed by atoms with Crippen LogP contribution in [-0.4, -0.2) is 17.8 Å². The van der Waals surface area contributed by atoms with Crippen LogP contribution in [0.5, 0.6) is 0 Å². The maximum absolute atomic E-state index is 11.9. The molecule has 0 saturated heterocycles. The van der Waals surface area contributed by atoms with Gasteiger partial charge in [-0.1, -0.05) is 18.2 Å². The number of hydrogen-bond donors (Lipinski definition) is 1. The molecule has 2 aromatic rings. The number of benzene rings is 1. The summed E-state index contributed by atoms with van der Waals surface area (Å²) in [6.07, 6.45) is -4.33. The Bertz CT molecular complexity index is 555. The fourth-order valence-electron chi connectivity index (χ4n) is 1.57. The largest absolute Gasteiger partial charge is 0.411 e. The zero-order valence-electron chi connectivity index (χ0n) is 9.37. The average Bonchev–Trinajstić information content (AvgIpc) is 2.28. The van der Waals surface area contributed by atoms with E-state index >= 15 is 0 Å². The summed E-state index contributed by atoms with van der Waals surface area (Å²) >= 11 is 0. The molecule has 0 radical (unpaired) electrons. The van der Waals surface area contributed by atoms with E-state index in [0.717, 1.165) is 5.39 Å². The Morgan fingerprint density at radius 3 is 2.67 bits per heavy atom. The molecule has 0 saturated carbocycles. The number of anilines is 1. The van der Waals surface area contributed by atoms with Gasteiger partial charge in [-0.15, -0.1) is 0 Å². The quantitative estimate of drug-likeness (QED) is 0.918. The van der Waals surface area contributed by atoms with E-state index in [1.165, 1.54) is 0 Å². The molecule has 3 nitrogen and oxygen atoms in total. The number of rotatable bonds is 3. The van der Waals surface area contributed by atoms with E-state index in [0.29, 0.717) is 11.1 Å². The third-order valence-electron chi connectivity index (χ3n) is 2.36. The minimum atomic E-state index is -4.33. The van der Waals surface area contributed by atoms with Crippen molar-refractivity contribution in [3.8, 4) is 0 Å². The molecule has 1 aromatic heterocycles. The van der Waals surface area contributed by atoms with Crippen LogP contribution in [0.3, 0.4) is 0 Å². The van der Waals surface area contributed by atoms with Crippen LogP contribution in [0, 0.1) is 0 Å². The first-order chi connectivity index (χ1) is 8.46. The summed E-state index contributed by atoms with van der Waals surface area (Å²) < 4.78 is 40.4. The summed E-state index contributed by atoms with van der Waals surface area (Å²) in [5.74, 6) is 0.191. The molecule has 0 aliphatic carbocycles. The fourth-order valence-corrected chi connectivity index (χ4v) is 1.57. The second-order valence-corrected chi connectivity index (χ2v) is 3.83. The van der Waals surface area contributed by atoms with Crippen LogP contribution in [0.1, 0.15) is 5.56 Å². The van der Waals surface area contributed by atoms with Crippen molar-refractivity contribution in [2.75, 3.05) is 12.3 Å². The second kappa shape index (κ2) is 4.81.